The fourth-order valence-electron chi connectivity index (χ4n) is 3.39. The number of nitrogens with zero attached hydrogens (tertiary/aromatic N) is 1. The van der Waals surface area contributed by atoms with Gasteiger partial charge in [-0.2, -0.15) is 0 Å². The number of H-pyrrole nitrogens is 1. The molecule has 0 saturated carbocycles. The van der Waals surface area contributed by atoms with Crippen molar-refractivity contribution in [2.24, 2.45) is 0 Å². The van der Waals surface area contributed by atoms with Crippen molar-refractivity contribution >= 4 is 22.5 Å². The van der Waals surface area contributed by atoms with Gasteiger partial charge in [0.2, 0.25) is 0 Å². The van der Waals surface area contributed by atoms with Crippen LogP contribution in [0.15, 0.2) is 47.3 Å². The molecule has 2 aromatic carbocycles. The lowest BCUT2D eigenvalue weighted by Crippen LogP contribution is -2.41. The van der Waals surface area contributed by atoms with Crippen LogP contribution >= 0.6 is 0 Å². The standard InChI is InChI=1S/C22H22N2O5/c1-14-20(23-19-6-4-3-5-18(19)22(14)26)12-29-17-10-15(9-16(11-17)27-2)24-7-8-28-13-21(24)25/h3-6,9-11H,7-8,12-13H2,1-2H3,(H,23,26). The first-order chi connectivity index (χ1) is 14.1. The van der Waals surface area contributed by atoms with Gasteiger partial charge in [-0.3, -0.25) is 9.59 Å². The Kier molecular flexibility index (Phi) is 5.22. The maximum absolute atomic E-state index is 12.6. The summed E-state index contributed by atoms with van der Waals surface area (Å²) in [7, 11) is 1.56. The molecule has 1 fully saturated rings. The fourth-order valence-corrected chi connectivity index (χ4v) is 3.39. The van der Waals surface area contributed by atoms with Crippen LogP contribution in [0, 0.1) is 6.92 Å². The highest BCUT2D eigenvalue weighted by molar-refractivity contribution is 5.95. The summed E-state index contributed by atoms with van der Waals surface area (Å²) in [6, 6.07) is 12.7. The van der Waals surface area contributed by atoms with Crippen LogP contribution in [0.25, 0.3) is 10.9 Å². The van der Waals surface area contributed by atoms with Gasteiger partial charge < -0.3 is 24.1 Å². The minimum Gasteiger partial charge on any atom is -0.497 e. The average molecular weight is 394 g/mol. The first-order valence-corrected chi connectivity index (χ1v) is 9.37. The molecule has 1 aromatic heterocycles. The van der Waals surface area contributed by atoms with E-state index in [1.165, 1.54) is 0 Å². The van der Waals surface area contributed by atoms with Crippen LogP contribution < -0.4 is 19.8 Å². The highest BCUT2D eigenvalue weighted by Gasteiger charge is 2.21. The van der Waals surface area contributed by atoms with Gasteiger partial charge in [-0.1, -0.05) is 12.1 Å². The molecule has 2 heterocycles. The molecule has 3 aromatic rings. The number of carbonyl (C=O) groups is 1. The second-order valence-corrected chi connectivity index (χ2v) is 6.86. The summed E-state index contributed by atoms with van der Waals surface area (Å²) < 4.78 is 16.5. The smallest absolute Gasteiger partial charge is 0.253 e. The van der Waals surface area contributed by atoms with Crippen molar-refractivity contribution in [3.05, 3.63) is 63.9 Å². The van der Waals surface area contributed by atoms with E-state index in [0.29, 0.717) is 47.0 Å². The van der Waals surface area contributed by atoms with Crippen LogP contribution in [-0.2, 0) is 16.1 Å². The number of benzene rings is 2. The van der Waals surface area contributed by atoms with E-state index in [4.69, 9.17) is 14.2 Å². The van der Waals surface area contributed by atoms with Crippen molar-refractivity contribution in [3.8, 4) is 11.5 Å². The highest BCUT2D eigenvalue weighted by Crippen LogP contribution is 2.30. The number of methoxy groups -OCH3 is 1. The molecule has 7 heteroatoms. The second kappa shape index (κ2) is 7.97. The summed E-state index contributed by atoms with van der Waals surface area (Å²) in [6.45, 7) is 2.99. The van der Waals surface area contributed by atoms with Crippen molar-refractivity contribution in [1.29, 1.82) is 0 Å². The van der Waals surface area contributed by atoms with Crippen molar-refractivity contribution in [1.82, 2.24) is 4.98 Å². The minimum absolute atomic E-state index is 0.0109. The molecule has 1 N–H and O–H groups in total. The maximum Gasteiger partial charge on any atom is 0.253 e. The lowest BCUT2D eigenvalue weighted by atomic mass is 10.1. The number of fused-ring (bicyclic) bond motifs is 1. The number of amides is 1. The summed E-state index contributed by atoms with van der Waals surface area (Å²) in [4.78, 5) is 29.7. The zero-order chi connectivity index (χ0) is 20.4. The summed E-state index contributed by atoms with van der Waals surface area (Å²) in [5.41, 5.74) is 2.78. The van der Waals surface area contributed by atoms with E-state index in [0.717, 1.165) is 5.52 Å². The molecule has 0 radical (unpaired) electrons. The molecule has 1 saturated heterocycles. The van der Waals surface area contributed by atoms with Crippen molar-refractivity contribution in [3.63, 3.8) is 0 Å². The summed E-state index contributed by atoms with van der Waals surface area (Å²) in [5, 5.41) is 0.656. The summed E-state index contributed by atoms with van der Waals surface area (Å²) in [6.07, 6.45) is 0. The number of hydrogen-bond donors (Lipinski definition) is 1. The molecular weight excluding hydrogens is 372 g/mol. The van der Waals surface area contributed by atoms with Gasteiger partial charge >= 0.3 is 0 Å². The summed E-state index contributed by atoms with van der Waals surface area (Å²) >= 11 is 0. The van der Waals surface area contributed by atoms with Gasteiger partial charge in [0.15, 0.2) is 5.43 Å². The van der Waals surface area contributed by atoms with Gasteiger partial charge in [-0.15, -0.1) is 0 Å². The van der Waals surface area contributed by atoms with Crippen molar-refractivity contribution in [2.45, 2.75) is 13.5 Å². The molecule has 7 nitrogen and oxygen atoms in total. The van der Waals surface area contributed by atoms with Gasteiger partial charge in [0.25, 0.3) is 5.91 Å². The number of pyridine rings is 1. The number of hydrogen-bond acceptors (Lipinski definition) is 5. The Morgan fingerprint density at radius 3 is 2.72 bits per heavy atom. The monoisotopic (exact) mass is 394 g/mol. The van der Waals surface area contributed by atoms with Gasteiger partial charge in [-0.25, -0.2) is 0 Å². The molecule has 150 valence electrons. The molecule has 0 unspecified atom stereocenters. The van der Waals surface area contributed by atoms with Gasteiger partial charge in [-0.05, 0) is 19.1 Å². The quantitative estimate of drug-likeness (QED) is 0.720. The number of aromatic nitrogens is 1. The number of rotatable bonds is 5. The van der Waals surface area contributed by atoms with E-state index in [-0.39, 0.29) is 24.5 Å². The first kappa shape index (κ1) is 19.0. The SMILES string of the molecule is COc1cc(OCc2[nH]c3ccccc3c(=O)c2C)cc(N2CCOCC2=O)c1. The van der Waals surface area contributed by atoms with Gasteiger partial charge in [0, 0.05) is 41.2 Å². The number of anilines is 1. The van der Waals surface area contributed by atoms with Gasteiger partial charge in [0.05, 0.1) is 25.1 Å². The predicted octanol–water partition coefficient (Wildman–Crippen LogP) is 2.79. The Bertz CT molecular complexity index is 1120. The molecule has 0 bridgehead atoms. The predicted molar refractivity (Wildman–Crippen MR) is 110 cm³/mol. The molecule has 1 aliphatic rings. The fraction of sp³-hybridized carbons (Fsp3) is 0.273. The van der Waals surface area contributed by atoms with E-state index in [1.54, 1.807) is 43.2 Å². The molecule has 1 aliphatic heterocycles. The zero-order valence-electron chi connectivity index (χ0n) is 16.4. The largest absolute Gasteiger partial charge is 0.497 e. The Labute approximate surface area is 167 Å². The minimum atomic E-state index is -0.106. The van der Waals surface area contributed by atoms with Crippen LogP contribution in [0.3, 0.4) is 0 Å². The molecule has 4 rings (SSSR count). The van der Waals surface area contributed by atoms with Crippen LogP contribution in [0.2, 0.25) is 0 Å². The number of morpholine rings is 1. The summed E-state index contributed by atoms with van der Waals surface area (Å²) in [5.74, 6) is 1.03. The molecular formula is C22H22N2O5. The van der Waals surface area contributed by atoms with E-state index in [1.807, 2.05) is 18.2 Å². The Balaban J connectivity index is 1.62. The third-order valence-corrected chi connectivity index (χ3v) is 5.03. The topological polar surface area (TPSA) is 80.9 Å². The Morgan fingerprint density at radius 1 is 1.14 bits per heavy atom. The molecule has 0 aliphatic carbocycles. The Morgan fingerprint density at radius 2 is 1.93 bits per heavy atom. The number of nitrogens with one attached hydrogen (secondary N) is 1. The van der Waals surface area contributed by atoms with Crippen LogP contribution in [0.1, 0.15) is 11.3 Å². The average Bonchev–Trinajstić information content (AvgIpc) is 2.75. The molecule has 29 heavy (non-hydrogen) atoms. The first-order valence-electron chi connectivity index (χ1n) is 9.37. The number of para-hydroxylation sites is 1. The molecule has 0 atom stereocenters. The number of aromatic amines is 1. The van der Waals surface area contributed by atoms with E-state index >= 15 is 0 Å². The van der Waals surface area contributed by atoms with Crippen molar-refractivity contribution < 1.29 is 19.0 Å². The third-order valence-electron chi connectivity index (χ3n) is 5.03. The van der Waals surface area contributed by atoms with Crippen LogP contribution in [0.4, 0.5) is 5.69 Å². The maximum atomic E-state index is 12.6. The Hall–Kier alpha value is -3.32. The highest BCUT2D eigenvalue weighted by atomic mass is 16.5. The molecule has 1 amide bonds. The number of ether oxygens (including phenoxy) is 3. The van der Waals surface area contributed by atoms with Crippen LogP contribution in [-0.4, -0.2) is 37.8 Å². The lowest BCUT2D eigenvalue weighted by Gasteiger charge is -2.27. The zero-order valence-corrected chi connectivity index (χ0v) is 16.4. The molecule has 0 spiro atoms. The lowest BCUT2D eigenvalue weighted by molar-refractivity contribution is -0.125. The normalized spacial score (nSPS) is 14.3. The van der Waals surface area contributed by atoms with E-state index < -0.39 is 0 Å². The van der Waals surface area contributed by atoms with Crippen molar-refractivity contribution in [2.75, 3.05) is 31.8 Å². The number of carbonyl (C=O) groups excluding carboxylic acids is 1. The van der Waals surface area contributed by atoms with Gasteiger partial charge in [0.1, 0.15) is 24.7 Å². The van der Waals surface area contributed by atoms with E-state index in [9.17, 15) is 9.59 Å². The van der Waals surface area contributed by atoms with E-state index in [2.05, 4.69) is 4.98 Å². The van der Waals surface area contributed by atoms with Crippen LogP contribution in [0.5, 0.6) is 11.5 Å². The second-order valence-electron chi connectivity index (χ2n) is 6.86. The third kappa shape index (κ3) is 3.82.